The van der Waals surface area contributed by atoms with Crippen LogP contribution < -0.4 is 5.32 Å². The molecule has 0 bridgehead atoms. The molecular formula is C18H30IN3O3. The van der Waals surface area contributed by atoms with E-state index >= 15 is 0 Å². The Hall–Kier alpha value is -0.800. The number of nitrogens with zero attached hydrogens (tertiary/aromatic N) is 2. The third-order valence-corrected chi connectivity index (χ3v) is 5.21. The first-order chi connectivity index (χ1) is 11.5. The molecule has 3 rings (SSSR count). The van der Waals surface area contributed by atoms with Crippen LogP contribution in [-0.2, 0) is 10.3 Å². The molecule has 2 aliphatic heterocycles. The van der Waals surface area contributed by atoms with Crippen molar-refractivity contribution in [3.8, 4) is 0 Å². The van der Waals surface area contributed by atoms with Crippen LogP contribution in [0.5, 0.6) is 0 Å². The summed E-state index contributed by atoms with van der Waals surface area (Å²) in [5.74, 6) is 1.43. The Labute approximate surface area is 167 Å². The third-order valence-electron chi connectivity index (χ3n) is 5.21. The molecule has 1 aromatic rings. The van der Waals surface area contributed by atoms with E-state index in [1.807, 2.05) is 0 Å². The van der Waals surface area contributed by atoms with Crippen LogP contribution in [0, 0.1) is 5.41 Å². The van der Waals surface area contributed by atoms with Gasteiger partial charge >= 0.3 is 0 Å². The van der Waals surface area contributed by atoms with Gasteiger partial charge in [-0.2, -0.15) is 0 Å². The molecule has 2 N–H and O–H groups in total. The summed E-state index contributed by atoms with van der Waals surface area (Å²) in [5.41, 5.74) is -0.724. The number of rotatable bonds is 4. The first-order valence-electron chi connectivity index (χ1n) is 8.92. The van der Waals surface area contributed by atoms with Crippen LogP contribution in [0.4, 0.5) is 0 Å². The molecule has 6 nitrogen and oxygen atoms in total. The zero-order valence-electron chi connectivity index (χ0n) is 15.2. The molecule has 1 spiro atoms. The predicted molar refractivity (Wildman–Crippen MR) is 108 cm³/mol. The fraction of sp³-hybridized carbons (Fsp3) is 0.722. The van der Waals surface area contributed by atoms with Gasteiger partial charge in [0.05, 0.1) is 12.8 Å². The minimum Gasteiger partial charge on any atom is -0.466 e. The molecule has 2 aliphatic rings. The normalized spacial score (nSPS) is 22.5. The van der Waals surface area contributed by atoms with Crippen LogP contribution in [0.25, 0.3) is 0 Å². The Balaban J connectivity index is 0.00000225. The number of furan rings is 1. The molecule has 0 saturated carbocycles. The van der Waals surface area contributed by atoms with Gasteiger partial charge in [-0.3, -0.25) is 0 Å². The maximum absolute atomic E-state index is 10.6. The van der Waals surface area contributed by atoms with Crippen LogP contribution in [0.2, 0.25) is 0 Å². The number of aliphatic imine (C=N–C) groups is 1. The van der Waals surface area contributed by atoms with E-state index in [0.717, 1.165) is 51.6 Å². The lowest BCUT2D eigenvalue weighted by Gasteiger charge is -2.33. The maximum Gasteiger partial charge on any atom is 0.194 e. The SMILES string of the molecule is CCNC(=NCC(C)(O)c1ccco1)N1CCC2(CCOCC2)C1.I. The van der Waals surface area contributed by atoms with E-state index in [1.54, 1.807) is 25.3 Å². The number of aliphatic hydroxyl groups is 1. The zero-order valence-corrected chi connectivity index (χ0v) is 17.5. The molecule has 2 saturated heterocycles. The quantitative estimate of drug-likeness (QED) is 0.408. The highest BCUT2D eigenvalue weighted by Crippen LogP contribution is 2.39. The van der Waals surface area contributed by atoms with E-state index in [9.17, 15) is 5.11 Å². The monoisotopic (exact) mass is 463 g/mol. The predicted octanol–water partition coefficient (Wildman–Crippen LogP) is 2.57. The maximum atomic E-state index is 10.6. The second-order valence-electron chi connectivity index (χ2n) is 7.21. The molecule has 7 heteroatoms. The number of nitrogens with one attached hydrogen (secondary N) is 1. The summed E-state index contributed by atoms with van der Waals surface area (Å²) in [4.78, 5) is 7.02. The first kappa shape index (κ1) is 20.5. The second-order valence-corrected chi connectivity index (χ2v) is 7.21. The lowest BCUT2D eigenvalue weighted by Crippen LogP contribution is -2.43. The van der Waals surface area contributed by atoms with Crippen molar-refractivity contribution in [3.05, 3.63) is 24.2 Å². The van der Waals surface area contributed by atoms with Crippen LogP contribution in [0.15, 0.2) is 27.8 Å². The highest BCUT2D eigenvalue weighted by Gasteiger charge is 2.40. The van der Waals surface area contributed by atoms with Gasteiger partial charge in [0.1, 0.15) is 11.4 Å². The third kappa shape index (κ3) is 4.89. The van der Waals surface area contributed by atoms with Gasteiger partial charge in [-0.25, -0.2) is 4.99 Å². The standard InChI is InChI=1S/C18H29N3O3.HI/c1-3-19-16(20-13-17(2,22)15-5-4-10-24-15)21-9-6-18(14-21)7-11-23-12-8-18;/h4-5,10,22H,3,6-9,11-14H2,1-2H3,(H,19,20);1H. The Morgan fingerprint density at radius 3 is 2.80 bits per heavy atom. The second kappa shape index (κ2) is 8.73. The lowest BCUT2D eigenvalue weighted by molar-refractivity contribution is 0.0217. The number of likely N-dealkylation sites (tertiary alicyclic amines) is 1. The van der Waals surface area contributed by atoms with E-state index < -0.39 is 5.60 Å². The molecule has 0 aromatic carbocycles. The number of halogens is 1. The average Bonchev–Trinajstić information content (AvgIpc) is 3.23. The average molecular weight is 463 g/mol. The van der Waals surface area contributed by atoms with E-state index in [2.05, 4.69) is 17.1 Å². The Bertz CT molecular complexity index is 554. The van der Waals surface area contributed by atoms with Crippen molar-refractivity contribution in [2.75, 3.05) is 39.4 Å². The molecule has 3 heterocycles. The molecule has 0 amide bonds. The van der Waals surface area contributed by atoms with E-state index in [1.165, 1.54) is 6.42 Å². The Morgan fingerprint density at radius 2 is 2.16 bits per heavy atom. The van der Waals surface area contributed by atoms with Crippen molar-refractivity contribution in [3.63, 3.8) is 0 Å². The van der Waals surface area contributed by atoms with Gasteiger partial charge in [-0.1, -0.05) is 0 Å². The summed E-state index contributed by atoms with van der Waals surface area (Å²) in [5, 5.41) is 14.0. The van der Waals surface area contributed by atoms with Crippen molar-refractivity contribution in [1.29, 1.82) is 0 Å². The van der Waals surface area contributed by atoms with Gasteiger partial charge in [0.2, 0.25) is 0 Å². The van der Waals surface area contributed by atoms with Crippen molar-refractivity contribution < 1.29 is 14.3 Å². The van der Waals surface area contributed by atoms with Crippen molar-refractivity contribution in [2.24, 2.45) is 10.4 Å². The van der Waals surface area contributed by atoms with Gasteiger partial charge < -0.3 is 24.5 Å². The molecule has 0 aliphatic carbocycles. The van der Waals surface area contributed by atoms with Crippen LogP contribution in [0.1, 0.15) is 38.9 Å². The van der Waals surface area contributed by atoms with Gasteiger partial charge in [-0.15, -0.1) is 24.0 Å². The summed E-state index contributed by atoms with van der Waals surface area (Å²) in [6.07, 6.45) is 5.03. The summed E-state index contributed by atoms with van der Waals surface area (Å²) in [7, 11) is 0. The summed E-state index contributed by atoms with van der Waals surface area (Å²) < 4.78 is 10.9. The molecule has 1 atom stereocenters. The largest absolute Gasteiger partial charge is 0.466 e. The topological polar surface area (TPSA) is 70.2 Å². The van der Waals surface area contributed by atoms with Crippen LogP contribution >= 0.6 is 24.0 Å². The number of ether oxygens (including phenoxy) is 1. The fourth-order valence-corrected chi connectivity index (χ4v) is 3.65. The van der Waals surface area contributed by atoms with Crippen molar-refractivity contribution in [1.82, 2.24) is 10.2 Å². The number of guanidine groups is 1. The van der Waals surface area contributed by atoms with Crippen LogP contribution in [0.3, 0.4) is 0 Å². The molecule has 1 unspecified atom stereocenters. The van der Waals surface area contributed by atoms with Crippen molar-refractivity contribution in [2.45, 2.75) is 38.7 Å². The first-order valence-corrected chi connectivity index (χ1v) is 8.92. The molecule has 25 heavy (non-hydrogen) atoms. The van der Waals surface area contributed by atoms with E-state index in [4.69, 9.17) is 14.1 Å². The highest BCUT2D eigenvalue weighted by molar-refractivity contribution is 14.0. The smallest absolute Gasteiger partial charge is 0.194 e. The summed E-state index contributed by atoms with van der Waals surface area (Å²) in [6.45, 7) is 8.66. The molecule has 1 aromatic heterocycles. The van der Waals surface area contributed by atoms with Gasteiger partial charge in [-0.05, 0) is 50.7 Å². The van der Waals surface area contributed by atoms with Gasteiger partial charge in [0.25, 0.3) is 0 Å². The molecule has 2 fully saturated rings. The van der Waals surface area contributed by atoms with Crippen LogP contribution in [-0.4, -0.2) is 55.4 Å². The van der Waals surface area contributed by atoms with Gasteiger partial charge in [0, 0.05) is 32.8 Å². The Morgan fingerprint density at radius 1 is 1.40 bits per heavy atom. The number of hydrogen-bond donors (Lipinski definition) is 2. The minimum atomic E-state index is -1.10. The highest BCUT2D eigenvalue weighted by atomic mass is 127. The lowest BCUT2D eigenvalue weighted by atomic mass is 9.80. The number of hydrogen-bond acceptors (Lipinski definition) is 4. The van der Waals surface area contributed by atoms with Gasteiger partial charge in [0.15, 0.2) is 5.96 Å². The summed E-state index contributed by atoms with van der Waals surface area (Å²) in [6, 6.07) is 3.57. The van der Waals surface area contributed by atoms with E-state index in [0.29, 0.717) is 11.2 Å². The fourth-order valence-electron chi connectivity index (χ4n) is 3.65. The van der Waals surface area contributed by atoms with Crippen molar-refractivity contribution >= 4 is 29.9 Å². The Kier molecular flexibility index (Phi) is 7.16. The zero-order chi connectivity index (χ0) is 17.0. The molecule has 0 radical (unpaired) electrons. The summed E-state index contributed by atoms with van der Waals surface area (Å²) >= 11 is 0. The molecule has 142 valence electrons. The molecular weight excluding hydrogens is 433 g/mol. The van der Waals surface area contributed by atoms with E-state index in [-0.39, 0.29) is 30.5 Å². The minimum absolute atomic E-state index is 0.